The molecule has 2 saturated heterocycles. The molecule has 1 aromatic rings. The van der Waals surface area contributed by atoms with Crippen LogP contribution in [-0.2, 0) is 21.5 Å². The third kappa shape index (κ3) is 4.59. The third-order valence-electron chi connectivity index (χ3n) is 4.94. The first-order valence-corrected chi connectivity index (χ1v) is 10.5. The highest BCUT2D eigenvalue weighted by molar-refractivity contribution is 7.86. The number of carbonyl (C=O) groups excluding carboxylic acids is 1. The lowest BCUT2D eigenvalue weighted by molar-refractivity contribution is -0.131. The molecule has 0 spiro atoms. The van der Waals surface area contributed by atoms with E-state index in [0.29, 0.717) is 19.6 Å². The van der Waals surface area contributed by atoms with E-state index in [1.54, 1.807) is 0 Å². The number of nitrogens with zero attached hydrogens (tertiary/aromatic N) is 3. The van der Waals surface area contributed by atoms with Crippen LogP contribution in [0.15, 0.2) is 30.3 Å². The standard InChI is InChI=1S/C18H27N3O3S/c22-18(19-11-6-1-2-7-12-19)16-21-14-8-13-20(25(21,23)24)15-17-9-4-3-5-10-17/h3-5,9-10H,1-2,6-8,11-16H2. The summed E-state index contributed by atoms with van der Waals surface area (Å²) in [6.45, 7) is 2.75. The molecule has 0 bridgehead atoms. The van der Waals surface area contributed by atoms with Crippen molar-refractivity contribution >= 4 is 16.1 Å². The number of carbonyl (C=O) groups is 1. The van der Waals surface area contributed by atoms with Gasteiger partial charge in [0.05, 0.1) is 6.54 Å². The smallest absolute Gasteiger partial charge is 0.282 e. The van der Waals surface area contributed by atoms with Crippen molar-refractivity contribution in [2.24, 2.45) is 0 Å². The van der Waals surface area contributed by atoms with Gasteiger partial charge in [0.1, 0.15) is 0 Å². The van der Waals surface area contributed by atoms with Gasteiger partial charge in [-0.05, 0) is 24.8 Å². The zero-order chi connectivity index (χ0) is 17.7. The highest BCUT2D eigenvalue weighted by Gasteiger charge is 2.35. The van der Waals surface area contributed by atoms with Crippen LogP contribution in [0.5, 0.6) is 0 Å². The molecular weight excluding hydrogens is 338 g/mol. The predicted molar refractivity (Wildman–Crippen MR) is 97.0 cm³/mol. The molecule has 1 aromatic carbocycles. The average Bonchev–Trinajstić information content (AvgIpc) is 2.89. The SMILES string of the molecule is O=C(CN1CCCN(Cc2ccccc2)S1(=O)=O)N1CCCCCC1. The molecular formula is C18H27N3O3S. The normalized spacial score (nSPS) is 22.5. The third-order valence-corrected chi connectivity index (χ3v) is 6.87. The summed E-state index contributed by atoms with van der Waals surface area (Å²) in [5, 5.41) is 0. The first kappa shape index (κ1) is 18.4. The number of rotatable bonds is 4. The number of likely N-dealkylation sites (tertiary alicyclic amines) is 1. The van der Waals surface area contributed by atoms with Crippen LogP contribution in [0.3, 0.4) is 0 Å². The highest BCUT2D eigenvalue weighted by Crippen LogP contribution is 2.20. The molecule has 1 amide bonds. The summed E-state index contributed by atoms with van der Waals surface area (Å²) in [4.78, 5) is 14.4. The fraction of sp³-hybridized carbons (Fsp3) is 0.611. The largest absolute Gasteiger partial charge is 0.342 e. The summed E-state index contributed by atoms with van der Waals surface area (Å²) in [6.07, 6.45) is 5.07. The van der Waals surface area contributed by atoms with Crippen molar-refractivity contribution in [3.8, 4) is 0 Å². The Morgan fingerprint density at radius 3 is 2.16 bits per heavy atom. The van der Waals surface area contributed by atoms with E-state index in [2.05, 4.69) is 0 Å². The van der Waals surface area contributed by atoms with Gasteiger partial charge in [0.15, 0.2) is 0 Å². The van der Waals surface area contributed by atoms with E-state index in [4.69, 9.17) is 0 Å². The van der Waals surface area contributed by atoms with Crippen molar-refractivity contribution in [3.63, 3.8) is 0 Å². The van der Waals surface area contributed by atoms with Gasteiger partial charge >= 0.3 is 0 Å². The van der Waals surface area contributed by atoms with Crippen molar-refractivity contribution in [1.82, 2.24) is 13.5 Å². The van der Waals surface area contributed by atoms with Crippen LogP contribution in [0.2, 0.25) is 0 Å². The second kappa shape index (κ2) is 8.29. The summed E-state index contributed by atoms with van der Waals surface area (Å²) < 4.78 is 28.6. The maximum Gasteiger partial charge on any atom is 0.282 e. The first-order valence-electron chi connectivity index (χ1n) is 9.14. The summed E-state index contributed by atoms with van der Waals surface area (Å²) >= 11 is 0. The van der Waals surface area contributed by atoms with Crippen LogP contribution in [-0.4, -0.2) is 60.6 Å². The minimum Gasteiger partial charge on any atom is -0.342 e. The minimum absolute atomic E-state index is 0.0341. The van der Waals surface area contributed by atoms with Crippen LogP contribution >= 0.6 is 0 Å². The van der Waals surface area contributed by atoms with Crippen LogP contribution in [0.4, 0.5) is 0 Å². The van der Waals surface area contributed by atoms with Gasteiger partial charge in [-0.25, -0.2) is 0 Å². The molecule has 0 N–H and O–H groups in total. The van der Waals surface area contributed by atoms with Gasteiger partial charge in [-0.2, -0.15) is 17.0 Å². The first-order chi connectivity index (χ1) is 12.1. The Balaban J connectivity index is 1.65. The van der Waals surface area contributed by atoms with Gasteiger partial charge < -0.3 is 4.90 Å². The van der Waals surface area contributed by atoms with Crippen molar-refractivity contribution in [2.75, 3.05) is 32.7 Å². The molecule has 0 atom stereocenters. The minimum atomic E-state index is -3.59. The lowest BCUT2D eigenvalue weighted by Gasteiger charge is -2.35. The second-order valence-corrected chi connectivity index (χ2v) is 8.74. The van der Waals surface area contributed by atoms with Crippen molar-refractivity contribution in [3.05, 3.63) is 35.9 Å². The Morgan fingerprint density at radius 2 is 1.48 bits per heavy atom. The highest BCUT2D eigenvalue weighted by atomic mass is 32.2. The Labute approximate surface area is 150 Å². The van der Waals surface area contributed by atoms with Gasteiger partial charge in [0, 0.05) is 32.7 Å². The molecule has 25 heavy (non-hydrogen) atoms. The molecule has 2 fully saturated rings. The lowest BCUT2D eigenvalue weighted by atomic mass is 10.2. The monoisotopic (exact) mass is 365 g/mol. The maximum atomic E-state index is 12.9. The molecule has 138 valence electrons. The van der Waals surface area contributed by atoms with E-state index in [1.165, 1.54) is 8.61 Å². The summed E-state index contributed by atoms with van der Waals surface area (Å²) in [5.74, 6) is -0.0629. The van der Waals surface area contributed by atoms with Gasteiger partial charge in [-0.1, -0.05) is 43.2 Å². The second-order valence-electron chi connectivity index (χ2n) is 6.81. The van der Waals surface area contributed by atoms with Crippen LogP contribution in [0, 0.1) is 0 Å². The molecule has 0 unspecified atom stereocenters. The topological polar surface area (TPSA) is 60.9 Å². The summed E-state index contributed by atoms with van der Waals surface area (Å²) in [7, 11) is -3.59. The number of hydrogen-bond donors (Lipinski definition) is 0. The van der Waals surface area contributed by atoms with Gasteiger partial charge in [0.25, 0.3) is 10.2 Å². The van der Waals surface area contributed by atoms with Gasteiger partial charge in [-0.15, -0.1) is 0 Å². The fourth-order valence-corrected chi connectivity index (χ4v) is 5.13. The molecule has 0 aliphatic carbocycles. The lowest BCUT2D eigenvalue weighted by Crippen LogP contribution is -2.52. The molecule has 2 aliphatic heterocycles. The Bertz CT molecular complexity index is 670. The molecule has 3 rings (SSSR count). The Morgan fingerprint density at radius 1 is 0.840 bits per heavy atom. The van der Waals surface area contributed by atoms with E-state index in [9.17, 15) is 13.2 Å². The zero-order valence-corrected chi connectivity index (χ0v) is 15.5. The summed E-state index contributed by atoms with van der Waals surface area (Å²) in [5.41, 5.74) is 0.965. The van der Waals surface area contributed by atoms with E-state index < -0.39 is 10.2 Å². The molecule has 2 heterocycles. The maximum absolute atomic E-state index is 12.9. The molecule has 2 aliphatic rings. The van der Waals surface area contributed by atoms with E-state index >= 15 is 0 Å². The van der Waals surface area contributed by atoms with Gasteiger partial charge in [-0.3, -0.25) is 4.79 Å². The molecule has 6 nitrogen and oxygen atoms in total. The van der Waals surface area contributed by atoms with Crippen LogP contribution in [0.25, 0.3) is 0 Å². The van der Waals surface area contributed by atoms with Crippen molar-refractivity contribution < 1.29 is 13.2 Å². The molecule has 0 radical (unpaired) electrons. The van der Waals surface area contributed by atoms with E-state index in [-0.39, 0.29) is 12.5 Å². The van der Waals surface area contributed by atoms with Crippen molar-refractivity contribution in [2.45, 2.75) is 38.6 Å². The average molecular weight is 365 g/mol. The Hall–Kier alpha value is -1.44. The van der Waals surface area contributed by atoms with Crippen LogP contribution in [0.1, 0.15) is 37.7 Å². The number of amides is 1. The zero-order valence-electron chi connectivity index (χ0n) is 14.6. The fourth-order valence-electron chi connectivity index (χ4n) is 3.50. The molecule has 7 heteroatoms. The number of benzene rings is 1. The van der Waals surface area contributed by atoms with Crippen LogP contribution < -0.4 is 0 Å². The summed E-state index contributed by atoms with van der Waals surface area (Å²) in [6, 6.07) is 9.59. The van der Waals surface area contributed by atoms with Gasteiger partial charge in [0.2, 0.25) is 5.91 Å². The predicted octanol–water partition coefficient (Wildman–Crippen LogP) is 1.84. The van der Waals surface area contributed by atoms with Crippen molar-refractivity contribution in [1.29, 1.82) is 0 Å². The number of hydrogen-bond acceptors (Lipinski definition) is 3. The molecule has 0 aromatic heterocycles. The van der Waals surface area contributed by atoms with E-state index in [0.717, 1.165) is 50.8 Å². The van der Waals surface area contributed by atoms with E-state index in [1.807, 2.05) is 35.2 Å². The quantitative estimate of drug-likeness (QED) is 0.818. The Kier molecular flexibility index (Phi) is 6.09. The molecule has 0 saturated carbocycles.